The second-order valence-electron chi connectivity index (χ2n) is 2.98. The zero-order valence-electron chi connectivity index (χ0n) is 6.71. The van der Waals surface area contributed by atoms with E-state index in [1.807, 2.05) is 0 Å². The maximum Gasteiger partial charge on any atom is 0.0584 e. The van der Waals surface area contributed by atoms with Gasteiger partial charge in [0.25, 0.3) is 0 Å². The van der Waals surface area contributed by atoms with E-state index >= 15 is 0 Å². The van der Waals surface area contributed by atoms with Crippen LogP contribution in [0.3, 0.4) is 0 Å². The van der Waals surface area contributed by atoms with Gasteiger partial charge in [-0.25, -0.2) is 0 Å². The number of methoxy groups -OCH3 is 1. The van der Waals surface area contributed by atoms with Gasteiger partial charge in [0.05, 0.1) is 6.10 Å². The van der Waals surface area contributed by atoms with Gasteiger partial charge in [-0.2, -0.15) is 0 Å². The maximum atomic E-state index is 5.25. The summed E-state index contributed by atoms with van der Waals surface area (Å²) in [5, 5.41) is 0. The molecule has 0 aromatic rings. The SMILES string of the molecule is COC(C)C1CCN(P)C1. The fourth-order valence-electron chi connectivity index (χ4n) is 1.39. The van der Waals surface area contributed by atoms with Crippen LogP contribution in [0, 0.1) is 5.92 Å². The lowest BCUT2D eigenvalue weighted by Crippen LogP contribution is -2.20. The van der Waals surface area contributed by atoms with Crippen LogP contribution in [0.4, 0.5) is 0 Å². The Morgan fingerprint density at radius 3 is 2.80 bits per heavy atom. The first-order valence-corrected chi connectivity index (χ1v) is 4.28. The molecule has 3 unspecified atom stereocenters. The van der Waals surface area contributed by atoms with Crippen molar-refractivity contribution in [3.63, 3.8) is 0 Å². The monoisotopic (exact) mass is 161 g/mol. The Morgan fingerprint density at radius 1 is 1.70 bits per heavy atom. The molecular formula is C7H16NOP. The molecule has 0 aliphatic carbocycles. The average molecular weight is 161 g/mol. The van der Waals surface area contributed by atoms with Crippen LogP contribution in [-0.4, -0.2) is 31.0 Å². The molecule has 1 aliphatic heterocycles. The van der Waals surface area contributed by atoms with Gasteiger partial charge in [0.1, 0.15) is 0 Å². The lowest BCUT2D eigenvalue weighted by atomic mass is 10.0. The molecule has 3 heteroatoms. The van der Waals surface area contributed by atoms with Gasteiger partial charge in [-0.3, -0.25) is 4.67 Å². The van der Waals surface area contributed by atoms with Gasteiger partial charge in [0.15, 0.2) is 0 Å². The molecule has 1 rings (SSSR count). The van der Waals surface area contributed by atoms with Crippen LogP contribution in [0.15, 0.2) is 0 Å². The van der Waals surface area contributed by atoms with Gasteiger partial charge < -0.3 is 4.74 Å². The molecular weight excluding hydrogens is 145 g/mol. The van der Waals surface area contributed by atoms with Crippen LogP contribution >= 0.6 is 9.39 Å². The molecule has 1 fully saturated rings. The molecule has 0 aromatic heterocycles. The quantitative estimate of drug-likeness (QED) is 0.563. The summed E-state index contributed by atoms with van der Waals surface area (Å²) in [7, 11) is 4.53. The molecule has 0 bridgehead atoms. The molecule has 60 valence electrons. The molecule has 0 N–H and O–H groups in total. The maximum absolute atomic E-state index is 5.25. The van der Waals surface area contributed by atoms with E-state index in [0.717, 1.165) is 5.92 Å². The Bertz CT molecular complexity index is 110. The number of nitrogens with zero attached hydrogens (tertiary/aromatic N) is 1. The number of hydrogen-bond acceptors (Lipinski definition) is 2. The van der Waals surface area contributed by atoms with E-state index in [1.54, 1.807) is 7.11 Å². The minimum absolute atomic E-state index is 0.422. The van der Waals surface area contributed by atoms with E-state index in [4.69, 9.17) is 4.74 Å². The van der Waals surface area contributed by atoms with Crippen LogP contribution < -0.4 is 0 Å². The number of rotatable bonds is 2. The highest BCUT2D eigenvalue weighted by atomic mass is 31.0. The molecule has 0 saturated carbocycles. The van der Waals surface area contributed by atoms with E-state index in [9.17, 15) is 0 Å². The Kier molecular flexibility index (Phi) is 3.09. The van der Waals surface area contributed by atoms with Crippen LogP contribution in [-0.2, 0) is 4.74 Å². The molecule has 1 aliphatic rings. The van der Waals surface area contributed by atoms with Gasteiger partial charge >= 0.3 is 0 Å². The number of ether oxygens (including phenoxy) is 1. The Balaban J connectivity index is 2.29. The fourth-order valence-corrected chi connectivity index (χ4v) is 1.81. The van der Waals surface area contributed by atoms with Crippen molar-refractivity contribution in [2.45, 2.75) is 19.4 Å². The van der Waals surface area contributed by atoms with Crippen molar-refractivity contribution < 1.29 is 4.74 Å². The lowest BCUT2D eigenvalue weighted by Gasteiger charge is -2.16. The highest BCUT2D eigenvalue weighted by molar-refractivity contribution is 7.13. The first-order chi connectivity index (χ1) is 4.74. The summed E-state index contributed by atoms with van der Waals surface area (Å²) in [6, 6.07) is 0. The molecule has 1 saturated heterocycles. The largest absolute Gasteiger partial charge is 0.381 e. The third kappa shape index (κ3) is 1.91. The van der Waals surface area contributed by atoms with Crippen molar-refractivity contribution in [1.29, 1.82) is 0 Å². The predicted molar refractivity (Wildman–Crippen MR) is 45.9 cm³/mol. The average Bonchev–Trinajstić information content (AvgIpc) is 2.34. The Morgan fingerprint density at radius 2 is 2.40 bits per heavy atom. The van der Waals surface area contributed by atoms with Gasteiger partial charge in [0, 0.05) is 20.2 Å². The van der Waals surface area contributed by atoms with Crippen molar-refractivity contribution >= 4 is 9.39 Å². The second-order valence-corrected chi connectivity index (χ2v) is 3.71. The molecule has 1 heterocycles. The van der Waals surface area contributed by atoms with E-state index < -0.39 is 0 Å². The van der Waals surface area contributed by atoms with Gasteiger partial charge in [0.2, 0.25) is 0 Å². The Hall–Kier alpha value is 0.350. The van der Waals surface area contributed by atoms with Crippen molar-refractivity contribution in [2.24, 2.45) is 5.92 Å². The topological polar surface area (TPSA) is 12.5 Å². The smallest absolute Gasteiger partial charge is 0.0584 e. The summed E-state index contributed by atoms with van der Waals surface area (Å²) in [6.07, 6.45) is 1.70. The summed E-state index contributed by atoms with van der Waals surface area (Å²) in [6.45, 7) is 4.51. The summed E-state index contributed by atoms with van der Waals surface area (Å²) in [5.41, 5.74) is 0. The highest BCUT2D eigenvalue weighted by Crippen LogP contribution is 2.23. The molecule has 0 radical (unpaired) electrons. The zero-order valence-corrected chi connectivity index (χ0v) is 7.86. The summed E-state index contributed by atoms with van der Waals surface area (Å²) in [5.74, 6) is 0.738. The van der Waals surface area contributed by atoms with Crippen molar-refractivity contribution in [2.75, 3.05) is 20.2 Å². The third-order valence-electron chi connectivity index (χ3n) is 2.29. The second kappa shape index (κ2) is 3.66. The number of hydrogen-bond donors (Lipinski definition) is 0. The molecule has 2 nitrogen and oxygen atoms in total. The van der Waals surface area contributed by atoms with Crippen molar-refractivity contribution in [1.82, 2.24) is 4.67 Å². The summed E-state index contributed by atoms with van der Waals surface area (Å²) >= 11 is 0. The highest BCUT2D eigenvalue weighted by Gasteiger charge is 2.24. The molecule has 10 heavy (non-hydrogen) atoms. The van der Waals surface area contributed by atoms with Crippen LogP contribution in [0.2, 0.25) is 0 Å². The molecule has 0 aromatic carbocycles. The van der Waals surface area contributed by atoms with Gasteiger partial charge in [-0.05, 0) is 19.3 Å². The normalized spacial score (nSPS) is 30.9. The summed E-state index contributed by atoms with van der Waals surface area (Å²) < 4.78 is 7.52. The zero-order chi connectivity index (χ0) is 7.56. The van der Waals surface area contributed by atoms with Crippen molar-refractivity contribution in [3.05, 3.63) is 0 Å². The standard InChI is InChI=1S/C7H16NOP/c1-6(9-2)7-3-4-8(10)5-7/h6-7H,3-5,10H2,1-2H3. The van der Waals surface area contributed by atoms with E-state index in [2.05, 4.69) is 21.0 Å². The minimum atomic E-state index is 0.422. The molecule has 0 spiro atoms. The Labute approximate surface area is 65.2 Å². The molecule has 3 atom stereocenters. The predicted octanol–water partition coefficient (Wildman–Crippen LogP) is 1.13. The van der Waals surface area contributed by atoms with Crippen LogP contribution in [0.25, 0.3) is 0 Å². The van der Waals surface area contributed by atoms with E-state index in [1.165, 1.54) is 19.5 Å². The van der Waals surface area contributed by atoms with Crippen LogP contribution in [0.5, 0.6) is 0 Å². The lowest BCUT2D eigenvalue weighted by molar-refractivity contribution is 0.0725. The van der Waals surface area contributed by atoms with Crippen molar-refractivity contribution in [3.8, 4) is 0 Å². The van der Waals surface area contributed by atoms with E-state index in [-0.39, 0.29) is 0 Å². The fraction of sp³-hybridized carbons (Fsp3) is 1.00. The first-order valence-electron chi connectivity index (χ1n) is 3.76. The minimum Gasteiger partial charge on any atom is -0.381 e. The van der Waals surface area contributed by atoms with Crippen LogP contribution in [0.1, 0.15) is 13.3 Å². The van der Waals surface area contributed by atoms with E-state index in [0.29, 0.717) is 6.10 Å². The van der Waals surface area contributed by atoms with Gasteiger partial charge in [-0.1, -0.05) is 9.39 Å². The third-order valence-corrected chi connectivity index (χ3v) is 2.76. The first kappa shape index (κ1) is 8.45. The van der Waals surface area contributed by atoms with Gasteiger partial charge in [-0.15, -0.1) is 0 Å². The molecule has 0 amide bonds. The summed E-state index contributed by atoms with van der Waals surface area (Å²) in [4.78, 5) is 0.